The van der Waals surface area contributed by atoms with Crippen LogP contribution in [0, 0.1) is 0 Å². The lowest BCUT2D eigenvalue weighted by atomic mass is 9.96. The summed E-state index contributed by atoms with van der Waals surface area (Å²) in [7, 11) is -4.62. The number of H-pyrrole nitrogens is 1. The van der Waals surface area contributed by atoms with Crippen LogP contribution in [0.25, 0.3) is 10.9 Å². The lowest BCUT2D eigenvalue weighted by Gasteiger charge is -2.40. The lowest BCUT2D eigenvalue weighted by Crippen LogP contribution is -2.54. The Labute approximate surface area is 271 Å². The van der Waals surface area contributed by atoms with E-state index in [-0.39, 0.29) is 28.0 Å². The number of carbonyl (C=O) groups excluding carboxylic acids is 2. The predicted molar refractivity (Wildman–Crippen MR) is 178 cm³/mol. The first-order valence-electron chi connectivity index (χ1n) is 14.9. The monoisotopic (exact) mass is 655 g/mol. The third-order valence-electron chi connectivity index (χ3n) is 8.09. The molecule has 0 saturated carbocycles. The fourth-order valence-electron chi connectivity index (χ4n) is 5.85. The van der Waals surface area contributed by atoms with Gasteiger partial charge in [-0.25, -0.2) is 4.98 Å². The van der Waals surface area contributed by atoms with E-state index in [0.29, 0.717) is 42.0 Å². The summed E-state index contributed by atoms with van der Waals surface area (Å²) in [6.07, 6.45) is 1.44. The molecule has 2 amide bonds. The van der Waals surface area contributed by atoms with E-state index in [1.807, 2.05) is 60.7 Å². The van der Waals surface area contributed by atoms with Crippen LogP contribution in [0.4, 0.5) is 0 Å². The van der Waals surface area contributed by atoms with Gasteiger partial charge in [0.1, 0.15) is 16.8 Å². The summed E-state index contributed by atoms with van der Waals surface area (Å²) in [4.78, 5) is 58.9. The maximum Gasteiger partial charge on any atom is 0.358 e. The molecule has 0 unspecified atom stereocenters. The van der Waals surface area contributed by atoms with Crippen molar-refractivity contribution in [2.24, 2.45) is 0 Å². The minimum atomic E-state index is -4.62. The highest BCUT2D eigenvalue weighted by molar-refractivity contribution is 8.00. The number of carbonyl (C=O) groups is 2. The normalized spacial score (nSPS) is 14.8. The number of amides is 2. The van der Waals surface area contributed by atoms with Crippen molar-refractivity contribution in [2.45, 2.75) is 28.9 Å². The maximum absolute atomic E-state index is 13.7. The number of rotatable bonds is 9. The SMILES string of the molecule is C[C@@H](NC(=O)c1[nH]c2ccccc2c1Sc1ncccc1P(=O)(O)O)C(=O)N1CCN(C(c2ccccc2)c2ccccc2)CC1. The molecule has 3 heterocycles. The molecule has 0 spiro atoms. The Hall–Kier alpha value is -4.25. The number of aromatic nitrogens is 2. The second-order valence-electron chi connectivity index (χ2n) is 11.1. The number of fused-ring (bicyclic) bond motifs is 1. The number of benzene rings is 3. The van der Waals surface area contributed by atoms with Crippen LogP contribution in [0.1, 0.15) is 34.6 Å². The van der Waals surface area contributed by atoms with Crippen molar-refractivity contribution in [3.05, 3.63) is 120 Å². The molecule has 4 N–H and O–H groups in total. The summed E-state index contributed by atoms with van der Waals surface area (Å²) in [5, 5.41) is 3.42. The van der Waals surface area contributed by atoms with Crippen molar-refractivity contribution in [3.8, 4) is 0 Å². The van der Waals surface area contributed by atoms with Crippen molar-refractivity contribution in [2.75, 3.05) is 26.2 Å². The summed E-state index contributed by atoms with van der Waals surface area (Å²) in [6.45, 7) is 4.07. The molecule has 2 aromatic heterocycles. The van der Waals surface area contributed by atoms with Gasteiger partial charge >= 0.3 is 7.60 Å². The first-order valence-corrected chi connectivity index (χ1v) is 17.4. The quantitative estimate of drug-likeness (QED) is 0.170. The van der Waals surface area contributed by atoms with Gasteiger partial charge in [0.25, 0.3) is 5.91 Å². The molecule has 6 rings (SSSR count). The number of piperazine rings is 1. The molecule has 1 atom stereocenters. The molecule has 0 radical (unpaired) electrons. The van der Waals surface area contributed by atoms with Crippen LogP contribution in [0.15, 0.2) is 113 Å². The molecule has 1 aliphatic rings. The molecule has 1 saturated heterocycles. The van der Waals surface area contributed by atoms with Crippen molar-refractivity contribution in [1.82, 2.24) is 25.1 Å². The molecular weight excluding hydrogens is 621 g/mol. The zero-order valence-electron chi connectivity index (χ0n) is 25.1. The molecule has 236 valence electrons. The fourth-order valence-corrected chi connectivity index (χ4v) is 7.95. The number of hydrogen-bond donors (Lipinski definition) is 4. The molecule has 1 fully saturated rings. The van der Waals surface area contributed by atoms with Gasteiger partial charge in [0.2, 0.25) is 5.91 Å². The first-order chi connectivity index (χ1) is 22.2. The highest BCUT2D eigenvalue weighted by atomic mass is 32.2. The summed E-state index contributed by atoms with van der Waals surface area (Å²) in [6, 6.07) is 30.0. The number of nitrogens with one attached hydrogen (secondary N) is 2. The molecule has 3 aromatic carbocycles. The minimum Gasteiger partial charge on any atom is -0.350 e. The van der Waals surface area contributed by atoms with E-state index >= 15 is 0 Å². The van der Waals surface area contributed by atoms with Crippen molar-refractivity contribution in [1.29, 1.82) is 0 Å². The molecule has 10 nitrogen and oxygen atoms in total. The minimum absolute atomic E-state index is 0.0694. The average Bonchev–Trinajstić information content (AvgIpc) is 3.44. The Morgan fingerprint density at radius 1 is 0.870 bits per heavy atom. The Kier molecular flexibility index (Phi) is 9.39. The zero-order chi connectivity index (χ0) is 32.3. The Balaban J connectivity index is 1.17. The van der Waals surface area contributed by atoms with Crippen LogP contribution in [-0.2, 0) is 9.36 Å². The van der Waals surface area contributed by atoms with Crippen LogP contribution in [0.5, 0.6) is 0 Å². The predicted octanol–water partition coefficient (Wildman–Crippen LogP) is 4.57. The van der Waals surface area contributed by atoms with E-state index in [1.165, 1.54) is 29.5 Å². The smallest absolute Gasteiger partial charge is 0.350 e. The Morgan fingerprint density at radius 2 is 1.48 bits per heavy atom. The van der Waals surface area contributed by atoms with Crippen LogP contribution in [-0.4, -0.2) is 73.6 Å². The van der Waals surface area contributed by atoms with E-state index < -0.39 is 19.5 Å². The number of nitrogens with zero attached hydrogens (tertiary/aromatic N) is 3. The van der Waals surface area contributed by atoms with Gasteiger partial charge in [-0.2, -0.15) is 0 Å². The van der Waals surface area contributed by atoms with Gasteiger partial charge in [-0.3, -0.25) is 19.1 Å². The van der Waals surface area contributed by atoms with E-state index in [4.69, 9.17) is 0 Å². The topological polar surface area (TPSA) is 139 Å². The molecule has 0 aliphatic carbocycles. The van der Waals surface area contributed by atoms with Gasteiger partial charge in [0.05, 0.1) is 16.2 Å². The largest absolute Gasteiger partial charge is 0.358 e. The van der Waals surface area contributed by atoms with E-state index in [1.54, 1.807) is 11.8 Å². The Bertz CT molecular complexity index is 1850. The van der Waals surface area contributed by atoms with E-state index in [9.17, 15) is 23.9 Å². The first kappa shape index (κ1) is 31.7. The van der Waals surface area contributed by atoms with Gasteiger partial charge < -0.3 is 25.0 Å². The standard InChI is InChI=1S/C34H34N5O5PS/c1-23(34(41)39-21-19-38(20-22-39)30(24-11-4-2-5-12-24)25-13-6-3-7-14-25)36-32(40)29-31(26-15-8-9-16-27(26)37-29)46-33-28(45(42,43)44)17-10-18-35-33/h2-18,23,30,37H,19-22H2,1H3,(H,36,40)(H2,42,43,44)/t23-/m1/s1. The molecule has 1 aliphatic heterocycles. The van der Waals surface area contributed by atoms with Crippen LogP contribution < -0.4 is 10.6 Å². The van der Waals surface area contributed by atoms with Gasteiger partial charge in [-0.15, -0.1) is 0 Å². The third-order valence-corrected chi connectivity index (χ3v) is 10.4. The highest BCUT2D eigenvalue weighted by Crippen LogP contribution is 2.41. The van der Waals surface area contributed by atoms with Crippen molar-refractivity contribution >= 4 is 47.4 Å². The van der Waals surface area contributed by atoms with Crippen LogP contribution in [0.2, 0.25) is 0 Å². The number of pyridine rings is 1. The van der Waals surface area contributed by atoms with Crippen molar-refractivity contribution < 1.29 is 23.9 Å². The lowest BCUT2D eigenvalue weighted by molar-refractivity contribution is -0.134. The van der Waals surface area contributed by atoms with Crippen LogP contribution >= 0.6 is 19.4 Å². The number of para-hydroxylation sites is 1. The fraction of sp³-hybridized carbons (Fsp3) is 0.206. The zero-order valence-corrected chi connectivity index (χ0v) is 26.8. The highest BCUT2D eigenvalue weighted by Gasteiger charge is 2.32. The van der Waals surface area contributed by atoms with Crippen molar-refractivity contribution in [3.63, 3.8) is 0 Å². The summed E-state index contributed by atoms with van der Waals surface area (Å²) in [5.74, 6) is -0.678. The van der Waals surface area contributed by atoms with E-state index in [0.717, 1.165) is 11.8 Å². The summed E-state index contributed by atoms with van der Waals surface area (Å²) < 4.78 is 12.1. The van der Waals surface area contributed by atoms with Gasteiger partial charge in [0, 0.05) is 43.3 Å². The molecular formula is C34H34N5O5PS. The summed E-state index contributed by atoms with van der Waals surface area (Å²) in [5.41, 5.74) is 3.25. The van der Waals surface area contributed by atoms with E-state index in [2.05, 4.69) is 44.5 Å². The molecule has 5 aromatic rings. The second-order valence-corrected chi connectivity index (χ2v) is 13.7. The molecule has 12 heteroatoms. The van der Waals surface area contributed by atoms with Gasteiger partial charge in [0.15, 0.2) is 0 Å². The Morgan fingerprint density at radius 3 is 2.11 bits per heavy atom. The van der Waals surface area contributed by atoms with Crippen LogP contribution in [0.3, 0.4) is 0 Å². The van der Waals surface area contributed by atoms with Gasteiger partial charge in [-0.05, 0) is 36.2 Å². The molecule has 0 bridgehead atoms. The molecule has 46 heavy (non-hydrogen) atoms. The maximum atomic E-state index is 13.7. The number of aromatic amines is 1. The van der Waals surface area contributed by atoms with Gasteiger partial charge in [-0.1, -0.05) is 90.6 Å². The second kappa shape index (κ2) is 13.6. The third kappa shape index (κ3) is 6.79. The average molecular weight is 656 g/mol. The summed E-state index contributed by atoms with van der Waals surface area (Å²) >= 11 is 0.999. The number of hydrogen-bond acceptors (Lipinski definition) is 6.